The lowest BCUT2D eigenvalue weighted by Crippen LogP contribution is -2.12. The number of benzene rings is 1. The molecule has 1 heterocycles. The average Bonchev–Trinajstić information content (AvgIpc) is 2.72. The van der Waals surface area contributed by atoms with Crippen molar-refractivity contribution in [2.75, 3.05) is 0 Å². The van der Waals surface area contributed by atoms with Crippen LogP contribution in [0.5, 0.6) is 0 Å². The van der Waals surface area contributed by atoms with Crippen molar-refractivity contribution in [1.82, 2.24) is 9.78 Å². The summed E-state index contributed by atoms with van der Waals surface area (Å²) in [6.45, 7) is 9.07. The average molecular weight is 243 g/mol. The second-order valence-corrected chi connectivity index (χ2v) is 5.73. The van der Waals surface area contributed by atoms with Gasteiger partial charge in [0, 0.05) is 12.0 Å². The standard InChI is InChI=1S/C15H21N3/c1-11-6-5-7-12(8-11)18-13(10-16)9-14(17-18)15(2,3)4/h5-9H,10,16H2,1-4H3. The highest BCUT2D eigenvalue weighted by Gasteiger charge is 2.19. The molecule has 96 valence electrons. The number of aromatic nitrogens is 2. The van der Waals surface area contributed by atoms with Crippen molar-refractivity contribution in [3.8, 4) is 5.69 Å². The lowest BCUT2D eigenvalue weighted by atomic mass is 9.92. The van der Waals surface area contributed by atoms with Crippen LogP contribution >= 0.6 is 0 Å². The molecule has 0 bridgehead atoms. The molecule has 0 aliphatic carbocycles. The SMILES string of the molecule is Cc1cccc(-n2nc(C(C)(C)C)cc2CN)c1. The van der Waals surface area contributed by atoms with Crippen molar-refractivity contribution in [2.45, 2.75) is 39.7 Å². The van der Waals surface area contributed by atoms with Crippen LogP contribution < -0.4 is 5.73 Å². The molecule has 0 saturated heterocycles. The van der Waals surface area contributed by atoms with E-state index in [1.54, 1.807) is 0 Å². The zero-order chi connectivity index (χ0) is 13.3. The van der Waals surface area contributed by atoms with Gasteiger partial charge in [0.05, 0.1) is 17.1 Å². The topological polar surface area (TPSA) is 43.8 Å². The molecule has 2 rings (SSSR count). The maximum absolute atomic E-state index is 5.82. The van der Waals surface area contributed by atoms with Gasteiger partial charge in [-0.15, -0.1) is 0 Å². The molecule has 0 aliphatic heterocycles. The van der Waals surface area contributed by atoms with Crippen LogP contribution in [0.25, 0.3) is 5.69 Å². The van der Waals surface area contributed by atoms with Crippen molar-refractivity contribution in [3.05, 3.63) is 47.3 Å². The summed E-state index contributed by atoms with van der Waals surface area (Å²) in [4.78, 5) is 0. The van der Waals surface area contributed by atoms with E-state index in [0.29, 0.717) is 6.54 Å². The summed E-state index contributed by atoms with van der Waals surface area (Å²) in [5, 5.41) is 4.70. The van der Waals surface area contributed by atoms with E-state index in [1.807, 2.05) is 10.7 Å². The molecule has 0 spiro atoms. The molecule has 1 aromatic carbocycles. The first kappa shape index (κ1) is 12.8. The normalized spacial score (nSPS) is 11.8. The van der Waals surface area contributed by atoms with E-state index in [-0.39, 0.29) is 5.41 Å². The van der Waals surface area contributed by atoms with Crippen LogP contribution in [0.1, 0.15) is 37.7 Å². The van der Waals surface area contributed by atoms with Crippen molar-refractivity contribution in [2.24, 2.45) is 5.73 Å². The highest BCUT2D eigenvalue weighted by molar-refractivity contribution is 5.37. The third-order valence-corrected chi connectivity index (χ3v) is 3.01. The van der Waals surface area contributed by atoms with Gasteiger partial charge in [-0.3, -0.25) is 0 Å². The summed E-state index contributed by atoms with van der Waals surface area (Å²) in [7, 11) is 0. The fourth-order valence-electron chi connectivity index (χ4n) is 1.91. The molecule has 0 unspecified atom stereocenters. The Bertz CT molecular complexity index is 547. The van der Waals surface area contributed by atoms with Gasteiger partial charge in [-0.2, -0.15) is 5.10 Å². The molecule has 0 amide bonds. The smallest absolute Gasteiger partial charge is 0.0685 e. The van der Waals surface area contributed by atoms with Crippen molar-refractivity contribution < 1.29 is 0 Å². The minimum Gasteiger partial charge on any atom is -0.325 e. The first-order valence-corrected chi connectivity index (χ1v) is 6.28. The number of rotatable bonds is 2. The lowest BCUT2D eigenvalue weighted by Gasteiger charge is -2.14. The summed E-state index contributed by atoms with van der Waals surface area (Å²) in [5.74, 6) is 0. The molecule has 0 radical (unpaired) electrons. The predicted octanol–water partition coefficient (Wildman–Crippen LogP) is 2.94. The molecule has 3 nitrogen and oxygen atoms in total. The molecule has 1 aromatic heterocycles. The molecule has 0 saturated carbocycles. The summed E-state index contributed by atoms with van der Waals surface area (Å²) < 4.78 is 1.95. The monoisotopic (exact) mass is 243 g/mol. The number of aryl methyl sites for hydroxylation is 1. The molecule has 18 heavy (non-hydrogen) atoms. The Hall–Kier alpha value is -1.61. The van der Waals surface area contributed by atoms with E-state index in [4.69, 9.17) is 10.8 Å². The van der Waals surface area contributed by atoms with Gasteiger partial charge in [-0.05, 0) is 30.7 Å². The molecule has 3 heteroatoms. The first-order valence-electron chi connectivity index (χ1n) is 6.28. The van der Waals surface area contributed by atoms with Gasteiger partial charge < -0.3 is 5.73 Å². The quantitative estimate of drug-likeness (QED) is 0.881. The Morgan fingerprint density at radius 3 is 2.50 bits per heavy atom. The second kappa shape index (κ2) is 4.58. The molecule has 0 atom stereocenters. The Morgan fingerprint density at radius 2 is 1.94 bits per heavy atom. The zero-order valence-corrected chi connectivity index (χ0v) is 11.6. The fourth-order valence-corrected chi connectivity index (χ4v) is 1.91. The number of nitrogens with two attached hydrogens (primary N) is 1. The van der Waals surface area contributed by atoms with Gasteiger partial charge in [0.25, 0.3) is 0 Å². The summed E-state index contributed by atoms with van der Waals surface area (Å²) in [5.41, 5.74) is 10.3. The third-order valence-electron chi connectivity index (χ3n) is 3.01. The molecule has 2 aromatic rings. The number of nitrogens with zero attached hydrogens (tertiary/aromatic N) is 2. The van der Waals surface area contributed by atoms with Gasteiger partial charge in [-0.25, -0.2) is 4.68 Å². The van der Waals surface area contributed by atoms with Gasteiger partial charge in [0.2, 0.25) is 0 Å². The van der Waals surface area contributed by atoms with E-state index in [9.17, 15) is 0 Å². The molecular weight excluding hydrogens is 222 g/mol. The van der Waals surface area contributed by atoms with Crippen LogP contribution in [0.4, 0.5) is 0 Å². The van der Waals surface area contributed by atoms with Gasteiger partial charge >= 0.3 is 0 Å². The Labute approximate surface area is 109 Å². The maximum atomic E-state index is 5.82. The minimum atomic E-state index is 0.0407. The fraction of sp³-hybridized carbons (Fsp3) is 0.400. The van der Waals surface area contributed by atoms with Crippen LogP contribution in [-0.4, -0.2) is 9.78 Å². The lowest BCUT2D eigenvalue weighted by molar-refractivity contribution is 0.560. The third kappa shape index (κ3) is 2.46. The van der Waals surface area contributed by atoms with E-state index in [2.05, 4.69) is 52.0 Å². The van der Waals surface area contributed by atoms with Gasteiger partial charge in [-0.1, -0.05) is 32.9 Å². The highest BCUT2D eigenvalue weighted by Crippen LogP contribution is 2.23. The number of hydrogen-bond donors (Lipinski definition) is 1. The summed E-state index contributed by atoms with van der Waals surface area (Å²) >= 11 is 0. The van der Waals surface area contributed by atoms with Crippen molar-refractivity contribution in [3.63, 3.8) is 0 Å². The Kier molecular flexibility index (Phi) is 3.26. The summed E-state index contributed by atoms with van der Waals surface area (Å²) in [6.07, 6.45) is 0. The molecule has 0 aliphatic rings. The van der Waals surface area contributed by atoms with Gasteiger partial charge in [0.1, 0.15) is 0 Å². The number of hydrogen-bond acceptors (Lipinski definition) is 2. The highest BCUT2D eigenvalue weighted by atomic mass is 15.3. The van der Waals surface area contributed by atoms with Crippen LogP contribution in [0.3, 0.4) is 0 Å². The maximum Gasteiger partial charge on any atom is 0.0685 e. The second-order valence-electron chi connectivity index (χ2n) is 5.73. The summed E-state index contributed by atoms with van der Waals surface area (Å²) in [6, 6.07) is 10.4. The van der Waals surface area contributed by atoms with E-state index in [0.717, 1.165) is 17.1 Å². The molecule has 2 N–H and O–H groups in total. The minimum absolute atomic E-state index is 0.0407. The van der Waals surface area contributed by atoms with Crippen molar-refractivity contribution in [1.29, 1.82) is 0 Å². The van der Waals surface area contributed by atoms with Crippen molar-refractivity contribution >= 4 is 0 Å². The van der Waals surface area contributed by atoms with Crippen LogP contribution in [0.2, 0.25) is 0 Å². The first-order chi connectivity index (χ1) is 8.41. The Morgan fingerprint density at radius 1 is 1.22 bits per heavy atom. The molecule has 0 fully saturated rings. The molecular formula is C15H21N3. The Balaban J connectivity index is 2.54. The largest absolute Gasteiger partial charge is 0.325 e. The van der Waals surface area contributed by atoms with Crippen LogP contribution in [-0.2, 0) is 12.0 Å². The zero-order valence-electron chi connectivity index (χ0n) is 11.6. The van der Waals surface area contributed by atoms with Gasteiger partial charge in [0.15, 0.2) is 0 Å². The van der Waals surface area contributed by atoms with E-state index >= 15 is 0 Å². The predicted molar refractivity (Wildman–Crippen MR) is 74.9 cm³/mol. The van der Waals surface area contributed by atoms with E-state index in [1.165, 1.54) is 5.56 Å². The van der Waals surface area contributed by atoms with Crippen LogP contribution in [0.15, 0.2) is 30.3 Å². The van der Waals surface area contributed by atoms with E-state index < -0.39 is 0 Å². The van der Waals surface area contributed by atoms with Crippen LogP contribution in [0, 0.1) is 6.92 Å².